The van der Waals surface area contributed by atoms with Crippen LogP contribution in [0.2, 0.25) is 10.0 Å². The first-order valence-electron chi connectivity index (χ1n) is 3.34. The van der Waals surface area contributed by atoms with Crippen LogP contribution in [0.5, 0.6) is 0 Å². The summed E-state index contributed by atoms with van der Waals surface area (Å²) < 4.78 is 0. The van der Waals surface area contributed by atoms with E-state index in [4.69, 9.17) is 28.4 Å². The molecule has 0 amide bonds. The second-order valence-electron chi connectivity index (χ2n) is 2.25. The molecule has 0 heterocycles. The first-order chi connectivity index (χ1) is 5.74. The molecule has 0 bridgehead atoms. The third-order valence-electron chi connectivity index (χ3n) is 1.39. The van der Waals surface area contributed by atoms with Gasteiger partial charge < -0.3 is 5.21 Å². The number of hydrogen-bond acceptors (Lipinski definition) is 2. The summed E-state index contributed by atoms with van der Waals surface area (Å²) >= 11 is 11.5. The van der Waals surface area contributed by atoms with Crippen molar-refractivity contribution in [2.45, 2.75) is 6.42 Å². The van der Waals surface area contributed by atoms with Crippen molar-refractivity contribution in [3.8, 4) is 0 Å². The van der Waals surface area contributed by atoms with E-state index in [2.05, 4.69) is 5.16 Å². The Balaban J connectivity index is 2.82. The van der Waals surface area contributed by atoms with Gasteiger partial charge in [0, 0.05) is 12.6 Å². The van der Waals surface area contributed by atoms with Crippen LogP contribution in [-0.4, -0.2) is 11.4 Å². The molecule has 1 rings (SSSR count). The van der Waals surface area contributed by atoms with Crippen molar-refractivity contribution in [3.05, 3.63) is 33.8 Å². The van der Waals surface area contributed by atoms with Crippen molar-refractivity contribution in [1.82, 2.24) is 0 Å². The molecule has 2 nitrogen and oxygen atoms in total. The lowest BCUT2D eigenvalue weighted by atomic mass is 10.2. The molecule has 0 spiro atoms. The molecule has 0 atom stereocenters. The second-order valence-corrected chi connectivity index (χ2v) is 3.07. The van der Waals surface area contributed by atoms with Gasteiger partial charge in [-0.3, -0.25) is 0 Å². The highest BCUT2D eigenvalue weighted by atomic mass is 35.5. The molecule has 0 saturated carbocycles. The largest absolute Gasteiger partial charge is 0.411 e. The van der Waals surface area contributed by atoms with Gasteiger partial charge in [0.25, 0.3) is 0 Å². The number of nitrogens with zero attached hydrogens (tertiary/aromatic N) is 1. The van der Waals surface area contributed by atoms with E-state index in [0.29, 0.717) is 16.5 Å². The summed E-state index contributed by atoms with van der Waals surface area (Å²) in [6, 6.07) is 5.28. The minimum absolute atomic E-state index is 0.514. The Morgan fingerprint density at radius 3 is 2.67 bits per heavy atom. The molecule has 12 heavy (non-hydrogen) atoms. The van der Waals surface area contributed by atoms with E-state index in [9.17, 15) is 0 Å². The Hall–Kier alpha value is -0.730. The predicted molar refractivity (Wildman–Crippen MR) is 50.4 cm³/mol. The van der Waals surface area contributed by atoms with Gasteiger partial charge >= 0.3 is 0 Å². The van der Waals surface area contributed by atoms with Crippen LogP contribution in [0.4, 0.5) is 0 Å². The van der Waals surface area contributed by atoms with Gasteiger partial charge in [-0.05, 0) is 17.7 Å². The van der Waals surface area contributed by atoms with Gasteiger partial charge in [0.15, 0.2) is 0 Å². The van der Waals surface area contributed by atoms with Crippen LogP contribution in [0.15, 0.2) is 23.4 Å². The summed E-state index contributed by atoms with van der Waals surface area (Å²) in [6.07, 6.45) is 1.94. The SMILES string of the molecule is O/N=C/Cc1ccc(Cl)c(Cl)c1. The van der Waals surface area contributed by atoms with Crippen molar-refractivity contribution in [2.24, 2.45) is 5.16 Å². The maximum atomic E-state index is 8.16. The molecule has 0 aliphatic rings. The average molecular weight is 204 g/mol. The third kappa shape index (κ3) is 2.40. The van der Waals surface area contributed by atoms with E-state index >= 15 is 0 Å². The highest BCUT2D eigenvalue weighted by molar-refractivity contribution is 6.42. The van der Waals surface area contributed by atoms with E-state index in [1.807, 2.05) is 6.07 Å². The van der Waals surface area contributed by atoms with Crippen molar-refractivity contribution in [1.29, 1.82) is 0 Å². The molecule has 64 valence electrons. The highest BCUT2D eigenvalue weighted by Gasteiger charge is 1.97. The van der Waals surface area contributed by atoms with Gasteiger partial charge in [-0.15, -0.1) is 5.16 Å². The van der Waals surface area contributed by atoms with Crippen molar-refractivity contribution < 1.29 is 5.21 Å². The van der Waals surface area contributed by atoms with Crippen LogP contribution in [-0.2, 0) is 6.42 Å². The summed E-state index contributed by atoms with van der Waals surface area (Å²) in [5.41, 5.74) is 0.960. The van der Waals surface area contributed by atoms with Crippen molar-refractivity contribution >= 4 is 29.4 Å². The standard InChI is InChI=1S/C8H7Cl2NO/c9-7-2-1-6(3-4-11-12)5-8(7)10/h1-2,4-5,12H,3H2/b11-4+. The van der Waals surface area contributed by atoms with Crippen LogP contribution in [0, 0.1) is 0 Å². The van der Waals surface area contributed by atoms with Gasteiger partial charge in [-0.2, -0.15) is 0 Å². The Bertz CT molecular complexity index is 299. The number of rotatable bonds is 2. The zero-order valence-corrected chi connectivity index (χ0v) is 7.68. The second kappa shape index (κ2) is 4.33. The molecule has 0 aliphatic heterocycles. The number of benzene rings is 1. The summed E-state index contributed by atoms with van der Waals surface area (Å²) in [7, 11) is 0. The first-order valence-corrected chi connectivity index (χ1v) is 4.09. The van der Waals surface area contributed by atoms with E-state index in [0.717, 1.165) is 5.56 Å². The number of halogens is 2. The Morgan fingerprint density at radius 1 is 1.33 bits per heavy atom. The molecule has 4 heteroatoms. The summed E-state index contributed by atoms with van der Waals surface area (Å²) in [6.45, 7) is 0. The van der Waals surface area contributed by atoms with Gasteiger partial charge in [0.1, 0.15) is 0 Å². The molecular formula is C8H7Cl2NO. The Labute approximate surface area is 80.4 Å². The Kier molecular flexibility index (Phi) is 3.38. The van der Waals surface area contributed by atoms with E-state index in [-0.39, 0.29) is 0 Å². The fourth-order valence-corrected chi connectivity index (χ4v) is 1.13. The fourth-order valence-electron chi connectivity index (χ4n) is 0.813. The van der Waals surface area contributed by atoms with Gasteiger partial charge in [0.2, 0.25) is 0 Å². The van der Waals surface area contributed by atoms with Crippen LogP contribution < -0.4 is 0 Å². The molecular weight excluding hydrogens is 197 g/mol. The van der Waals surface area contributed by atoms with Crippen LogP contribution in [0.25, 0.3) is 0 Å². The zero-order chi connectivity index (χ0) is 8.97. The third-order valence-corrected chi connectivity index (χ3v) is 2.13. The summed E-state index contributed by atoms with van der Waals surface area (Å²) in [4.78, 5) is 0. The Morgan fingerprint density at radius 2 is 2.08 bits per heavy atom. The molecule has 1 aromatic carbocycles. The van der Waals surface area contributed by atoms with E-state index in [1.165, 1.54) is 6.21 Å². The molecule has 0 saturated heterocycles. The maximum absolute atomic E-state index is 8.16. The summed E-state index contributed by atoms with van der Waals surface area (Å²) in [5.74, 6) is 0. The van der Waals surface area contributed by atoms with Crippen molar-refractivity contribution in [2.75, 3.05) is 0 Å². The lowest BCUT2D eigenvalue weighted by Crippen LogP contribution is -1.85. The minimum Gasteiger partial charge on any atom is -0.411 e. The molecule has 1 aromatic rings. The molecule has 0 aromatic heterocycles. The molecule has 0 aliphatic carbocycles. The lowest BCUT2D eigenvalue weighted by molar-refractivity contribution is 0.321. The molecule has 0 radical (unpaired) electrons. The van der Waals surface area contributed by atoms with Crippen molar-refractivity contribution in [3.63, 3.8) is 0 Å². The highest BCUT2D eigenvalue weighted by Crippen LogP contribution is 2.22. The number of hydrogen-bond donors (Lipinski definition) is 1. The maximum Gasteiger partial charge on any atom is 0.0595 e. The first kappa shape index (κ1) is 9.36. The van der Waals surface area contributed by atoms with Crippen LogP contribution >= 0.6 is 23.2 Å². The van der Waals surface area contributed by atoms with E-state index in [1.54, 1.807) is 12.1 Å². The molecule has 0 unspecified atom stereocenters. The lowest BCUT2D eigenvalue weighted by Gasteiger charge is -1.98. The molecule has 1 N–H and O–H groups in total. The van der Waals surface area contributed by atoms with Gasteiger partial charge in [-0.1, -0.05) is 29.3 Å². The van der Waals surface area contributed by atoms with Gasteiger partial charge in [0.05, 0.1) is 10.0 Å². The van der Waals surface area contributed by atoms with Crippen LogP contribution in [0.3, 0.4) is 0 Å². The monoisotopic (exact) mass is 203 g/mol. The van der Waals surface area contributed by atoms with Gasteiger partial charge in [-0.25, -0.2) is 0 Å². The topological polar surface area (TPSA) is 32.6 Å². The number of oxime groups is 1. The smallest absolute Gasteiger partial charge is 0.0595 e. The summed E-state index contributed by atoms with van der Waals surface area (Å²) in [5, 5.41) is 12.1. The average Bonchev–Trinajstić information content (AvgIpc) is 2.07. The normalized spacial score (nSPS) is 10.8. The minimum atomic E-state index is 0.514. The zero-order valence-electron chi connectivity index (χ0n) is 6.17. The van der Waals surface area contributed by atoms with E-state index < -0.39 is 0 Å². The van der Waals surface area contributed by atoms with Crippen LogP contribution in [0.1, 0.15) is 5.56 Å². The quantitative estimate of drug-likeness (QED) is 0.448. The molecule has 0 fully saturated rings. The predicted octanol–water partition coefficient (Wildman–Crippen LogP) is 3.00. The fraction of sp³-hybridized carbons (Fsp3) is 0.125.